The fourth-order valence-corrected chi connectivity index (χ4v) is 5.19. The normalized spacial score (nSPS) is 11.0. The number of carbonyl (C=O) groups is 2. The summed E-state index contributed by atoms with van der Waals surface area (Å²) in [4.78, 5) is 23.7. The molecule has 1 aromatic heterocycles. The molecule has 0 spiro atoms. The molecule has 0 saturated carbocycles. The lowest BCUT2D eigenvalue weighted by atomic mass is 10.2. The van der Waals surface area contributed by atoms with Gasteiger partial charge in [-0.2, -0.15) is 0 Å². The number of sulfonamides is 1. The number of ether oxygens (including phenoxy) is 1. The zero-order valence-corrected chi connectivity index (χ0v) is 19.4. The number of amides is 2. The van der Waals surface area contributed by atoms with Crippen molar-refractivity contribution in [2.75, 3.05) is 28.6 Å². The molecular formula is C22H23N3O5S2. The molecule has 2 N–H and O–H groups in total. The van der Waals surface area contributed by atoms with E-state index in [2.05, 4.69) is 10.6 Å². The first-order chi connectivity index (χ1) is 15.2. The molecule has 0 atom stereocenters. The van der Waals surface area contributed by atoms with Crippen molar-refractivity contribution < 1.29 is 22.7 Å². The van der Waals surface area contributed by atoms with Gasteiger partial charge in [-0.1, -0.05) is 12.1 Å². The average molecular weight is 474 g/mol. The largest absolute Gasteiger partial charge is 0.484 e. The molecule has 0 bridgehead atoms. The summed E-state index contributed by atoms with van der Waals surface area (Å²) in [5.74, 6) is -0.229. The van der Waals surface area contributed by atoms with Crippen LogP contribution in [0.15, 0.2) is 64.2 Å². The number of anilines is 3. The molecule has 10 heteroatoms. The second-order valence-electron chi connectivity index (χ2n) is 6.97. The van der Waals surface area contributed by atoms with Crippen LogP contribution in [0, 0.1) is 6.92 Å². The van der Waals surface area contributed by atoms with Crippen molar-refractivity contribution in [2.24, 2.45) is 0 Å². The van der Waals surface area contributed by atoms with E-state index >= 15 is 0 Å². The molecule has 0 aliphatic heterocycles. The summed E-state index contributed by atoms with van der Waals surface area (Å²) in [6, 6.07) is 14.9. The average Bonchev–Trinajstić information content (AvgIpc) is 3.30. The van der Waals surface area contributed by atoms with E-state index in [4.69, 9.17) is 4.74 Å². The van der Waals surface area contributed by atoms with E-state index in [-0.39, 0.29) is 16.7 Å². The summed E-state index contributed by atoms with van der Waals surface area (Å²) in [5, 5.41) is 7.11. The van der Waals surface area contributed by atoms with E-state index in [0.29, 0.717) is 22.8 Å². The number of hydrogen-bond donors (Lipinski definition) is 2. The second-order valence-corrected chi connectivity index (χ2v) is 10.1. The standard InChI is InChI=1S/C22H23N3O5S2/c1-15-6-11-19(23-16(2)26)20(13-15)24-21(27)14-30-18-9-7-17(8-10-18)25(3)32(28,29)22-5-4-12-31-22/h4-13H,14H2,1-3H3,(H,23,26)(H,24,27). The predicted molar refractivity (Wildman–Crippen MR) is 126 cm³/mol. The molecule has 1 heterocycles. The van der Waals surface area contributed by atoms with Gasteiger partial charge in [-0.15, -0.1) is 11.3 Å². The zero-order chi connectivity index (χ0) is 23.3. The fourth-order valence-electron chi connectivity index (χ4n) is 2.83. The summed E-state index contributed by atoms with van der Waals surface area (Å²) in [5.41, 5.74) is 2.36. The third-order valence-electron chi connectivity index (χ3n) is 4.44. The summed E-state index contributed by atoms with van der Waals surface area (Å²) in [6.45, 7) is 3.01. The molecule has 168 valence electrons. The van der Waals surface area contributed by atoms with E-state index in [1.54, 1.807) is 53.9 Å². The lowest BCUT2D eigenvalue weighted by Gasteiger charge is -2.18. The van der Waals surface area contributed by atoms with Gasteiger partial charge >= 0.3 is 0 Å². The quantitative estimate of drug-likeness (QED) is 0.517. The fraction of sp³-hybridized carbons (Fsp3) is 0.182. The van der Waals surface area contributed by atoms with Gasteiger partial charge in [0.1, 0.15) is 9.96 Å². The molecule has 8 nitrogen and oxygen atoms in total. The van der Waals surface area contributed by atoms with Crippen LogP contribution in [0.25, 0.3) is 0 Å². The lowest BCUT2D eigenvalue weighted by Crippen LogP contribution is -2.25. The molecular weight excluding hydrogens is 450 g/mol. The Balaban J connectivity index is 1.62. The van der Waals surface area contributed by atoms with Crippen LogP contribution in [-0.4, -0.2) is 33.9 Å². The Morgan fingerprint density at radius 3 is 2.38 bits per heavy atom. The maximum atomic E-state index is 12.6. The minimum atomic E-state index is -3.62. The van der Waals surface area contributed by atoms with Crippen molar-refractivity contribution in [3.8, 4) is 5.75 Å². The Hall–Kier alpha value is -3.37. The number of benzene rings is 2. The molecule has 0 saturated heterocycles. The van der Waals surface area contributed by atoms with Gasteiger partial charge in [0.2, 0.25) is 5.91 Å². The number of hydrogen-bond acceptors (Lipinski definition) is 6. The highest BCUT2D eigenvalue weighted by Crippen LogP contribution is 2.27. The van der Waals surface area contributed by atoms with Gasteiger partial charge < -0.3 is 15.4 Å². The number of nitrogens with zero attached hydrogens (tertiary/aromatic N) is 1. The monoisotopic (exact) mass is 473 g/mol. The number of thiophene rings is 1. The first-order valence-corrected chi connectivity index (χ1v) is 11.9. The predicted octanol–water partition coefficient (Wildman–Crippen LogP) is 3.86. The molecule has 3 aromatic rings. The molecule has 32 heavy (non-hydrogen) atoms. The highest BCUT2D eigenvalue weighted by molar-refractivity contribution is 7.94. The Morgan fingerprint density at radius 1 is 1.03 bits per heavy atom. The first-order valence-electron chi connectivity index (χ1n) is 9.60. The van der Waals surface area contributed by atoms with Gasteiger partial charge in [0.25, 0.3) is 15.9 Å². The van der Waals surface area contributed by atoms with Crippen molar-refractivity contribution >= 4 is 50.2 Å². The van der Waals surface area contributed by atoms with E-state index in [1.807, 2.05) is 13.0 Å². The van der Waals surface area contributed by atoms with Crippen LogP contribution in [0.5, 0.6) is 5.75 Å². The summed E-state index contributed by atoms with van der Waals surface area (Å²) >= 11 is 1.15. The minimum Gasteiger partial charge on any atom is -0.484 e. The highest BCUT2D eigenvalue weighted by Gasteiger charge is 2.22. The number of aryl methyl sites for hydroxylation is 1. The smallest absolute Gasteiger partial charge is 0.273 e. The molecule has 3 rings (SSSR count). The van der Waals surface area contributed by atoms with Crippen LogP contribution in [0.2, 0.25) is 0 Å². The molecule has 2 aromatic carbocycles. The Labute approximate surface area is 190 Å². The summed E-state index contributed by atoms with van der Waals surface area (Å²) in [7, 11) is -2.14. The van der Waals surface area contributed by atoms with Crippen molar-refractivity contribution in [1.82, 2.24) is 0 Å². The van der Waals surface area contributed by atoms with Gasteiger partial charge in [-0.05, 0) is 60.3 Å². The summed E-state index contributed by atoms with van der Waals surface area (Å²) < 4.78 is 32.2. The van der Waals surface area contributed by atoms with Gasteiger partial charge in [0.05, 0.1) is 17.1 Å². The van der Waals surface area contributed by atoms with Crippen molar-refractivity contribution in [3.63, 3.8) is 0 Å². The topological polar surface area (TPSA) is 105 Å². The van der Waals surface area contributed by atoms with Gasteiger partial charge in [-0.25, -0.2) is 8.42 Å². The molecule has 0 aliphatic rings. The van der Waals surface area contributed by atoms with Gasteiger partial charge in [-0.3, -0.25) is 13.9 Å². The maximum Gasteiger partial charge on any atom is 0.273 e. The van der Waals surface area contributed by atoms with Crippen LogP contribution in [0.4, 0.5) is 17.1 Å². The Kier molecular flexibility index (Phi) is 7.16. The lowest BCUT2D eigenvalue weighted by molar-refractivity contribution is -0.118. The first kappa shape index (κ1) is 23.3. The van der Waals surface area contributed by atoms with Crippen molar-refractivity contribution in [2.45, 2.75) is 18.1 Å². The van der Waals surface area contributed by atoms with Crippen molar-refractivity contribution in [1.29, 1.82) is 0 Å². The zero-order valence-electron chi connectivity index (χ0n) is 17.8. The third kappa shape index (κ3) is 5.65. The van der Waals surface area contributed by atoms with Crippen LogP contribution in [0.3, 0.4) is 0 Å². The number of rotatable bonds is 8. The van der Waals surface area contributed by atoms with E-state index in [0.717, 1.165) is 16.9 Å². The van der Waals surface area contributed by atoms with Crippen LogP contribution < -0.4 is 19.7 Å². The number of carbonyl (C=O) groups excluding carboxylic acids is 2. The Morgan fingerprint density at radius 2 is 1.75 bits per heavy atom. The van der Waals surface area contributed by atoms with E-state index < -0.39 is 15.9 Å². The second kappa shape index (κ2) is 9.84. The van der Waals surface area contributed by atoms with Crippen LogP contribution in [0.1, 0.15) is 12.5 Å². The van der Waals surface area contributed by atoms with E-state index in [1.165, 1.54) is 18.3 Å². The minimum absolute atomic E-state index is 0.244. The highest BCUT2D eigenvalue weighted by atomic mass is 32.2. The molecule has 0 radical (unpaired) electrons. The Bertz CT molecular complexity index is 1210. The van der Waals surface area contributed by atoms with Crippen molar-refractivity contribution in [3.05, 3.63) is 65.5 Å². The number of nitrogens with one attached hydrogen (secondary N) is 2. The van der Waals surface area contributed by atoms with Gasteiger partial charge in [0, 0.05) is 14.0 Å². The van der Waals surface area contributed by atoms with Crippen LogP contribution >= 0.6 is 11.3 Å². The van der Waals surface area contributed by atoms with E-state index in [9.17, 15) is 18.0 Å². The van der Waals surface area contributed by atoms with Crippen LogP contribution in [-0.2, 0) is 19.6 Å². The van der Waals surface area contributed by atoms with Gasteiger partial charge in [0.15, 0.2) is 6.61 Å². The SMILES string of the molecule is CC(=O)Nc1ccc(C)cc1NC(=O)COc1ccc(N(C)S(=O)(=O)c2cccs2)cc1. The third-order valence-corrected chi connectivity index (χ3v) is 7.60. The molecule has 0 unspecified atom stereocenters. The molecule has 0 aliphatic carbocycles. The summed E-state index contributed by atoms with van der Waals surface area (Å²) in [6.07, 6.45) is 0. The molecule has 0 fully saturated rings. The molecule has 2 amide bonds. The maximum absolute atomic E-state index is 12.6.